The first-order valence-corrected chi connectivity index (χ1v) is 6.73. The summed E-state index contributed by atoms with van der Waals surface area (Å²) in [6.07, 6.45) is -0.788. The Kier molecular flexibility index (Phi) is 4.68. The normalized spacial score (nSPS) is 12.0. The molecule has 0 spiro atoms. The third kappa shape index (κ3) is 3.20. The van der Waals surface area contributed by atoms with Gasteiger partial charge in [-0.3, -0.25) is 0 Å². The summed E-state index contributed by atoms with van der Waals surface area (Å²) >= 11 is 11.9. The molecule has 0 amide bonds. The summed E-state index contributed by atoms with van der Waals surface area (Å²) in [5.74, 6) is -2.06. The molecule has 2 rings (SSSR count). The third-order valence-electron chi connectivity index (χ3n) is 2.79. The molecular weight excluding hydrogens is 336 g/mol. The summed E-state index contributed by atoms with van der Waals surface area (Å²) in [6, 6.07) is 3.59. The number of anilines is 1. The van der Waals surface area contributed by atoms with Crippen molar-refractivity contribution in [1.82, 2.24) is 10.2 Å². The van der Waals surface area contributed by atoms with E-state index in [0.717, 1.165) is 12.1 Å². The van der Waals surface area contributed by atoms with Crippen LogP contribution in [0.15, 0.2) is 18.2 Å². The number of carboxylic acid groups (broad SMARTS) is 1. The van der Waals surface area contributed by atoms with Gasteiger partial charge in [0.2, 0.25) is 0 Å². The molecule has 0 radical (unpaired) electrons. The highest BCUT2D eigenvalue weighted by Crippen LogP contribution is 2.35. The van der Waals surface area contributed by atoms with Crippen molar-refractivity contribution in [3.63, 3.8) is 0 Å². The molecular formula is C13H10Cl2FN3O3. The molecule has 0 aliphatic heterocycles. The fraction of sp³-hybridized carbons (Fsp3) is 0.154. The fourth-order valence-corrected chi connectivity index (χ4v) is 2.43. The minimum Gasteiger partial charge on any atom is -0.482 e. The maximum atomic E-state index is 13.5. The lowest BCUT2D eigenvalue weighted by molar-refractivity contribution is 0.0688. The van der Waals surface area contributed by atoms with Crippen molar-refractivity contribution in [2.75, 3.05) is 5.73 Å². The highest BCUT2D eigenvalue weighted by Gasteiger charge is 2.20. The highest BCUT2D eigenvalue weighted by atomic mass is 35.5. The summed E-state index contributed by atoms with van der Waals surface area (Å²) in [6.45, 7) is 1.56. The summed E-state index contributed by atoms with van der Waals surface area (Å²) in [4.78, 5) is 10.9. The number of halogens is 3. The standard InChI is InChI=1S/C13H10Cl2FN3O3/c1-5(10-6(14)2-3-7(16)11(10)15)22-9-4-8(13(20)21)18-19-12(9)17/h2-5H,1H3,(H2,17,19)(H,20,21). The fourth-order valence-electron chi connectivity index (χ4n) is 1.75. The maximum Gasteiger partial charge on any atom is 0.356 e. The van der Waals surface area contributed by atoms with Crippen molar-refractivity contribution >= 4 is 35.0 Å². The molecule has 1 unspecified atom stereocenters. The van der Waals surface area contributed by atoms with E-state index in [1.807, 2.05) is 0 Å². The molecule has 1 heterocycles. The van der Waals surface area contributed by atoms with E-state index in [9.17, 15) is 9.18 Å². The molecule has 3 N–H and O–H groups in total. The van der Waals surface area contributed by atoms with E-state index in [1.54, 1.807) is 6.92 Å². The molecule has 2 aromatic rings. The minimum absolute atomic E-state index is 0.0173. The monoisotopic (exact) mass is 345 g/mol. The number of nitrogen functional groups attached to an aromatic ring is 1. The Morgan fingerprint density at radius 2 is 2.09 bits per heavy atom. The molecule has 9 heteroatoms. The Bertz CT molecular complexity index is 743. The van der Waals surface area contributed by atoms with Gasteiger partial charge in [0.15, 0.2) is 17.3 Å². The van der Waals surface area contributed by atoms with E-state index < -0.39 is 17.9 Å². The molecule has 0 aliphatic rings. The lowest BCUT2D eigenvalue weighted by atomic mass is 10.1. The number of nitrogens with two attached hydrogens (primary N) is 1. The molecule has 0 aliphatic carbocycles. The number of carbonyl (C=O) groups is 1. The number of hydrogen-bond acceptors (Lipinski definition) is 5. The average molecular weight is 346 g/mol. The molecule has 0 saturated heterocycles. The lowest BCUT2D eigenvalue weighted by Gasteiger charge is -2.18. The van der Waals surface area contributed by atoms with Crippen LogP contribution in [0.25, 0.3) is 0 Å². The summed E-state index contributed by atoms with van der Waals surface area (Å²) in [7, 11) is 0. The Labute approximate surface area is 134 Å². The van der Waals surface area contributed by atoms with Crippen molar-refractivity contribution in [3.8, 4) is 5.75 Å². The lowest BCUT2D eigenvalue weighted by Crippen LogP contribution is -2.11. The highest BCUT2D eigenvalue weighted by molar-refractivity contribution is 6.36. The first-order valence-electron chi connectivity index (χ1n) is 5.97. The number of aromatic nitrogens is 2. The second-order valence-corrected chi connectivity index (χ2v) is 5.09. The summed E-state index contributed by atoms with van der Waals surface area (Å²) in [5.41, 5.74) is 5.47. The molecule has 0 bridgehead atoms. The van der Waals surface area contributed by atoms with Crippen molar-refractivity contribution in [1.29, 1.82) is 0 Å². The SMILES string of the molecule is CC(Oc1cc(C(=O)O)nnc1N)c1c(Cl)ccc(F)c1Cl. The van der Waals surface area contributed by atoms with Gasteiger partial charge in [-0.2, -0.15) is 0 Å². The van der Waals surface area contributed by atoms with Gasteiger partial charge in [0.1, 0.15) is 11.9 Å². The zero-order valence-electron chi connectivity index (χ0n) is 11.2. The van der Waals surface area contributed by atoms with Crippen molar-refractivity contribution in [2.45, 2.75) is 13.0 Å². The topological polar surface area (TPSA) is 98.3 Å². The number of hydrogen-bond donors (Lipinski definition) is 2. The van der Waals surface area contributed by atoms with Crippen LogP contribution in [-0.4, -0.2) is 21.3 Å². The summed E-state index contributed by atoms with van der Waals surface area (Å²) < 4.78 is 19.0. The van der Waals surface area contributed by atoms with Gasteiger partial charge in [0, 0.05) is 16.7 Å². The number of rotatable bonds is 4. The van der Waals surface area contributed by atoms with Crippen LogP contribution in [0.1, 0.15) is 29.1 Å². The Hall–Kier alpha value is -2.12. The van der Waals surface area contributed by atoms with Gasteiger partial charge in [-0.15, -0.1) is 10.2 Å². The van der Waals surface area contributed by atoms with Gasteiger partial charge in [-0.05, 0) is 19.1 Å². The summed E-state index contributed by atoms with van der Waals surface area (Å²) in [5, 5.41) is 15.8. The van der Waals surface area contributed by atoms with Gasteiger partial charge < -0.3 is 15.6 Å². The van der Waals surface area contributed by atoms with E-state index in [4.69, 9.17) is 38.8 Å². The van der Waals surface area contributed by atoms with Gasteiger partial charge in [-0.25, -0.2) is 9.18 Å². The predicted molar refractivity (Wildman–Crippen MR) is 78.9 cm³/mol. The van der Waals surface area contributed by atoms with Crippen LogP contribution in [0.4, 0.5) is 10.2 Å². The van der Waals surface area contributed by atoms with E-state index >= 15 is 0 Å². The molecule has 0 saturated carbocycles. The van der Waals surface area contributed by atoms with Crippen LogP contribution in [-0.2, 0) is 0 Å². The molecule has 0 fully saturated rings. The molecule has 1 atom stereocenters. The zero-order valence-corrected chi connectivity index (χ0v) is 12.7. The average Bonchev–Trinajstić information content (AvgIpc) is 2.45. The molecule has 116 valence electrons. The molecule has 1 aromatic carbocycles. The van der Waals surface area contributed by atoms with E-state index in [0.29, 0.717) is 0 Å². The minimum atomic E-state index is -1.29. The van der Waals surface area contributed by atoms with Crippen LogP contribution >= 0.6 is 23.2 Å². The number of carboxylic acids is 1. The van der Waals surface area contributed by atoms with E-state index in [1.165, 1.54) is 6.07 Å². The first kappa shape index (κ1) is 16.3. The predicted octanol–water partition coefficient (Wildman–Crippen LogP) is 3.34. The first-order chi connectivity index (χ1) is 10.3. The largest absolute Gasteiger partial charge is 0.482 e. The van der Waals surface area contributed by atoms with Gasteiger partial charge in [0.05, 0.1) is 5.02 Å². The van der Waals surface area contributed by atoms with E-state index in [-0.39, 0.29) is 32.9 Å². The van der Waals surface area contributed by atoms with Crippen LogP contribution in [0.5, 0.6) is 5.75 Å². The Morgan fingerprint density at radius 3 is 2.73 bits per heavy atom. The smallest absolute Gasteiger partial charge is 0.356 e. The molecule has 22 heavy (non-hydrogen) atoms. The van der Waals surface area contributed by atoms with Gasteiger partial charge in [-0.1, -0.05) is 23.2 Å². The number of nitrogens with zero attached hydrogens (tertiary/aromatic N) is 2. The second-order valence-electron chi connectivity index (χ2n) is 4.30. The Balaban J connectivity index is 2.37. The van der Waals surface area contributed by atoms with Crippen LogP contribution in [0.2, 0.25) is 10.0 Å². The quantitative estimate of drug-likeness (QED) is 0.824. The number of aromatic carboxylic acids is 1. The van der Waals surface area contributed by atoms with E-state index in [2.05, 4.69) is 10.2 Å². The van der Waals surface area contributed by atoms with Gasteiger partial charge in [0.25, 0.3) is 0 Å². The maximum absolute atomic E-state index is 13.5. The molecule has 1 aromatic heterocycles. The van der Waals surface area contributed by atoms with Crippen molar-refractivity contribution in [2.24, 2.45) is 0 Å². The number of benzene rings is 1. The number of ether oxygens (including phenoxy) is 1. The van der Waals surface area contributed by atoms with Gasteiger partial charge >= 0.3 is 5.97 Å². The zero-order chi connectivity index (χ0) is 16.4. The van der Waals surface area contributed by atoms with Crippen LogP contribution < -0.4 is 10.5 Å². The Morgan fingerprint density at radius 1 is 1.41 bits per heavy atom. The van der Waals surface area contributed by atoms with Crippen LogP contribution in [0.3, 0.4) is 0 Å². The third-order valence-corrected chi connectivity index (χ3v) is 3.51. The van der Waals surface area contributed by atoms with Crippen molar-refractivity contribution < 1.29 is 19.0 Å². The van der Waals surface area contributed by atoms with Crippen LogP contribution in [0, 0.1) is 5.82 Å². The molecule has 6 nitrogen and oxygen atoms in total. The second kappa shape index (κ2) is 6.33. The van der Waals surface area contributed by atoms with Crippen molar-refractivity contribution in [3.05, 3.63) is 45.3 Å².